The van der Waals surface area contributed by atoms with Crippen molar-refractivity contribution in [3.05, 3.63) is 66.5 Å². The highest BCUT2D eigenvalue weighted by molar-refractivity contribution is 6.11. The highest BCUT2D eigenvalue weighted by atomic mass is 16.1. The first-order chi connectivity index (χ1) is 14.2. The van der Waals surface area contributed by atoms with Crippen molar-refractivity contribution >= 4 is 39.1 Å². The molecular formula is C23H23N5O. The molecule has 0 spiro atoms. The van der Waals surface area contributed by atoms with Gasteiger partial charge in [0.2, 0.25) is 0 Å². The van der Waals surface area contributed by atoms with Gasteiger partial charge in [-0.25, -0.2) is 0 Å². The number of aromatic amines is 1. The average Bonchev–Trinajstić information content (AvgIpc) is 3.20. The Hall–Kier alpha value is -3.38. The molecule has 0 atom stereocenters. The van der Waals surface area contributed by atoms with Crippen LogP contribution in [0.4, 0.5) is 11.4 Å². The number of fused-ring (bicyclic) bond motifs is 3. The zero-order valence-electron chi connectivity index (χ0n) is 16.4. The lowest BCUT2D eigenvalue weighted by atomic mass is 10.1. The number of hydrogen-bond acceptors (Lipinski definition) is 4. The smallest absolute Gasteiger partial charge is 0.272 e. The minimum atomic E-state index is -0.146. The third kappa shape index (κ3) is 3.32. The maximum absolute atomic E-state index is 13.0. The Morgan fingerprint density at radius 1 is 1.00 bits per heavy atom. The number of benzene rings is 2. The third-order valence-corrected chi connectivity index (χ3v) is 5.61. The number of pyridine rings is 1. The Morgan fingerprint density at radius 2 is 1.79 bits per heavy atom. The van der Waals surface area contributed by atoms with Gasteiger partial charge in [0.1, 0.15) is 5.69 Å². The second-order valence-corrected chi connectivity index (χ2v) is 7.55. The lowest BCUT2D eigenvalue weighted by Gasteiger charge is -2.35. The number of piperazine rings is 1. The van der Waals surface area contributed by atoms with Crippen LogP contribution in [0.1, 0.15) is 10.5 Å². The molecule has 1 aliphatic rings. The van der Waals surface area contributed by atoms with Crippen LogP contribution < -0.4 is 10.2 Å². The first kappa shape index (κ1) is 17.7. The van der Waals surface area contributed by atoms with Gasteiger partial charge in [0.05, 0.1) is 22.4 Å². The number of carbonyl (C=O) groups excluding carboxylic acids is 1. The van der Waals surface area contributed by atoms with Crippen molar-refractivity contribution < 1.29 is 4.79 Å². The van der Waals surface area contributed by atoms with Gasteiger partial charge in [-0.15, -0.1) is 0 Å². The van der Waals surface area contributed by atoms with Crippen LogP contribution in [0.5, 0.6) is 0 Å². The molecule has 2 aromatic carbocycles. The van der Waals surface area contributed by atoms with E-state index in [1.54, 1.807) is 6.20 Å². The summed E-state index contributed by atoms with van der Waals surface area (Å²) in [6.07, 6.45) is 1.77. The van der Waals surface area contributed by atoms with Gasteiger partial charge in [0, 0.05) is 43.1 Å². The van der Waals surface area contributed by atoms with Crippen molar-refractivity contribution in [2.75, 3.05) is 43.4 Å². The number of aromatic nitrogens is 2. The zero-order chi connectivity index (χ0) is 19.8. The number of hydrogen-bond donors (Lipinski definition) is 2. The lowest BCUT2D eigenvalue weighted by Crippen LogP contribution is -2.44. The molecule has 4 aromatic rings. The fraction of sp³-hybridized carbons (Fsp3) is 0.217. The third-order valence-electron chi connectivity index (χ3n) is 5.61. The maximum atomic E-state index is 13.0. The molecule has 0 unspecified atom stereocenters. The normalized spacial score (nSPS) is 15.1. The molecule has 2 N–H and O–H groups in total. The number of H-pyrrole nitrogens is 1. The van der Waals surface area contributed by atoms with Gasteiger partial charge < -0.3 is 20.1 Å². The number of carbonyl (C=O) groups is 1. The van der Waals surface area contributed by atoms with E-state index in [-0.39, 0.29) is 5.91 Å². The summed E-state index contributed by atoms with van der Waals surface area (Å²) in [7, 11) is 2.14. The Bertz CT molecular complexity index is 1190. The van der Waals surface area contributed by atoms with Crippen molar-refractivity contribution in [1.29, 1.82) is 0 Å². The number of anilines is 2. The number of nitrogens with zero attached hydrogens (tertiary/aromatic N) is 3. The molecule has 2 aromatic heterocycles. The Balaban J connectivity index is 1.44. The first-order valence-corrected chi connectivity index (χ1v) is 9.89. The van der Waals surface area contributed by atoms with E-state index in [1.165, 1.54) is 0 Å². The van der Waals surface area contributed by atoms with E-state index in [4.69, 9.17) is 0 Å². The topological polar surface area (TPSA) is 64.3 Å². The van der Waals surface area contributed by atoms with Gasteiger partial charge in [-0.3, -0.25) is 9.78 Å². The molecule has 0 saturated carbocycles. The van der Waals surface area contributed by atoms with Crippen molar-refractivity contribution in [2.45, 2.75) is 0 Å². The number of nitrogens with one attached hydrogen (secondary N) is 2. The maximum Gasteiger partial charge on any atom is 0.272 e. The monoisotopic (exact) mass is 385 g/mol. The summed E-state index contributed by atoms with van der Waals surface area (Å²) in [6, 6.07) is 17.9. The molecule has 3 heterocycles. The van der Waals surface area contributed by atoms with Gasteiger partial charge in [0.15, 0.2) is 0 Å². The van der Waals surface area contributed by atoms with E-state index < -0.39 is 0 Å². The Kier molecular flexibility index (Phi) is 4.41. The van der Waals surface area contributed by atoms with E-state index in [0.29, 0.717) is 5.69 Å². The quantitative estimate of drug-likeness (QED) is 0.564. The molecule has 0 aliphatic carbocycles. The van der Waals surface area contributed by atoms with E-state index in [1.807, 2.05) is 48.5 Å². The molecule has 0 bridgehead atoms. The predicted molar refractivity (Wildman–Crippen MR) is 118 cm³/mol. The highest BCUT2D eigenvalue weighted by Crippen LogP contribution is 2.28. The second kappa shape index (κ2) is 7.22. The molecule has 1 fully saturated rings. The molecule has 29 heavy (non-hydrogen) atoms. The number of rotatable bonds is 3. The van der Waals surface area contributed by atoms with Gasteiger partial charge in [-0.1, -0.05) is 30.3 Å². The average molecular weight is 385 g/mol. The second-order valence-electron chi connectivity index (χ2n) is 7.55. The summed E-state index contributed by atoms with van der Waals surface area (Å²) in [5.41, 5.74) is 4.20. The molecule has 6 heteroatoms. The minimum Gasteiger partial charge on any atom is -0.367 e. The fourth-order valence-corrected chi connectivity index (χ4v) is 3.95. The van der Waals surface area contributed by atoms with Crippen molar-refractivity contribution in [3.63, 3.8) is 0 Å². The standard InChI is InChI=1S/C23H23N5O/c1-27-11-13-28(14-12-27)20-7-3-2-6-18(20)26-23(29)19-15-17-9-8-16-5-4-10-24-21(16)22(17)25-19/h2-10,15,25H,11-14H2,1H3,(H,26,29). The van der Waals surface area contributed by atoms with E-state index in [9.17, 15) is 4.79 Å². The Labute approximate surface area is 169 Å². The van der Waals surface area contributed by atoms with Crippen LogP contribution >= 0.6 is 0 Å². The molecule has 1 amide bonds. The summed E-state index contributed by atoms with van der Waals surface area (Å²) < 4.78 is 0. The zero-order valence-corrected chi connectivity index (χ0v) is 16.4. The number of likely N-dealkylation sites (N-methyl/N-ethyl adjacent to an activating group) is 1. The van der Waals surface area contributed by atoms with Crippen LogP contribution in [-0.2, 0) is 0 Å². The molecule has 6 nitrogen and oxygen atoms in total. The van der Waals surface area contributed by atoms with Crippen LogP contribution in [0.3, 0.4) is 0 Å². The van der Waals surface area contributed by atoms with Crippen LogP contribution in [0.25, 0.3) is 21.8 Å². The lowest BCUT2D eigenvalue weighted by molar-refractivity contribution is 0.102. The molecule has 146 valence electrons. The predicted octanol–water partition coefficient (Wildman–Crippen LogP) is 3.72. The Morgan fingerprint density at radius 3 is 2.66 bits per heavy atom. The van der Waals surface area contributed by atoms with E-state index in [0.717, 1.165) is 59.4 Å². The van der Waals surface area contributed by atoms with E-state index >= 15 is 0 Å². The van der Waals surface area contributed by atoms with Crippen LogP contribution in [0.15, 0.2) is 60.8 Å². The van der Waals surface area contributed by atoms with Crippen LogP contribution in [0.2, 0.25) is 0 Å². The number of para-hydroxylation sites is 2. The van der Waals surface area contributed by atoms with Crippen molar-refractivity contribution in [2.24, 2.45) is 0 Å². The van der Waals surface area contributed by atoms with Gasteiger partial charge in [0.25, 0.3) is 5.91 Å². The van der Waals surface area contributed by atoms with E-state index in [2.05, 4.69) is 38.2 Å². The fourth-order valence-electron chi connectivity index (χ4n) is 3.95. The summed E-state index contributed by atoms with van der Waals surface area (Å²) in [5, 5.41) is 5.13. The molecular weight excluding hydrogens is 362 g/mol. The van der Waals surface area contributed by atoms with Gasteiger partial charge in [-0.2, -0.15) is 0 Å². The van der Waals surface area contributed by atoms with Crippen molar-refractivity contribution in [1.82, 2.24) is 14.9 Å². The molecule has 1 aliphatic heterocycles. The molecule has 5 rings (SSSR count). The van der Waals surface area contributed by atoms with Crippen molar-refractivity contribution in [3.8, 4) is 0 Å². The highest BCUT2D eigenvalue weighted by Gasteiger charge is 2.19. The minimum absolute atomic E-state index is 0.146. The SMILES string of the molecule is CN1CCN(c2ccccc2NC(=O)c2cc3ccc4cccnc4c3[nH]2)CC1. The number of amides is 1. The summed E-state index contributed by atoms with van der Waals surface area (Å²) >= 11 is 0. The van der Waals surface area contributed by atoms with Gasteiger partial charge in [-0.05, 0) is 31.3 Å². The van der Waals surface area contributed by atoms with Crippen LogP contribution in [0, 0.1) is 0 Å². The molecule has 1 saturated heterocycles. The molecule has 0 radical (unpaired) electrons. The summed E-state index contributed by atoms with van der Waals surface area (Å²) in [6.45, 7) is 3.94. The summed E-state index contributed by atoms with van der Waals surface area (Å²) in [4.78, 5) is 25.4. The summed E-state index contributed by atoms with van der Waals surface area (Å²) in [5.74, 6) is -0.146. The van der Waals surface area contributed by atoms with Gasteiger partial charge >= 0.3 is 0 Å². The van der Waals surface area contributed by atoms with Crippen LogP contribution in [-0.4, -0.2) is 54.0 Å². The first-order valence-electron chi connectivity index (χ1n) is 9.89. The largest absolute Gasteiger partial charge is 0.367 e.